The average Bonchev–Trinajstić information content (AvgIpc) is 2.36. The molecule has 0 spiro atoms. The zero-order valence-electron chi connectivity index (χ0n) is 5.71. The van der Waals surface area contributed by atoms with E-state index < -0.39 is 0 Å². The van der Waals surface area contributed by atoms with Crippen LogP contribution in [0.25, 0.3) is 0 Å². The van der Waals surface area contributed by atoms with Gasteiger partial charge in [0.1, 0.15) is 0 Å². The van der Waals surface area contributed by atoms with E-state index in [4.69, 9.17) is 9.52 Å². The molecule has 1 heterocycles. The highest BCUT2D eigenvalue weighted by Gasteiger charge is 2.00. The van der Waals surface area contributed by atoms with Gasteiger partial charge in [0.2, 0.25) is 0 Å². The van der Waals surface area contributed by atoms with Gasteiger partial charge in [-0.15, -0.1) is 6.58 Å². The second-order valence-electron chi connectivity index (χ2n) is 2.07. The molecule has 0 saturated heterocycles. The summed E-state index contributed by atoms with van der Waals surface area (Å²) in [6.45, 7) is 3.63. The van der Waals surface area contributed by atoms with Gasteiger partial charge in [0.15, 0.2) is 0 Å². The molecule has 54 valence electrons. The van der Waals surface area contributed by atoms with E-state index in [9.17, 15) is 0 Å². The standard InChI is InChI=1S/C8H10O2/c1-2-3-7-5-10-6-8(7)4-9/h2,5-6,9H,1,3-4H2. The molecule has 0 saturated carbocycles. The number of rotatable bonds is 3. The molecule has 2 nitrogen and oxygen atoms in total. The van der Waals surface area contributed by atoms with Crippen molar-refractivity contribution in [3.8, 4) is 0 Å². The highest BCUT2D eigenvalue weighted by Crippen LogP contribution is 2.10. The largest absolute Gasteiger partial charge is 0.472 e. The van der Waals surface area contributed by atoms with Crippen LogP contribution in [0.3, 0.4) is 0 Å². The number of aliphatic hydroxyl groups is 1. The van der Waals surface area contributed by atoms with Crippen LogP contribution in [0, 0.1) is 0 Å². The van der Waals surface area contributed by atoms with Crippen molar-refractivity contribution in [1.29, 1.82) is 0 Å². The Morgan fingerprint density at radius 3 is 2.80 bits per heavy atom. The van der Waals surface area contributed by atoms with E-state index in [1.165, 1.54) is 0 Å². The Kier molecular flexibility index (Phi) is 2.29. The molecule has 1 aromatic rings. The fourth-order valence-electron chi connectivity index (χ4n) is 0.823. The Bertz CT molecular complexity index is 213. The average molecular weight is 138 g/mol. The minimum atomic E-state index is 0.0413. The minimum Gasteiger partial charge on any atom is -0.472 e. The molecule has 0 radical (unpaired) electrons. The van der Waals surface area contributed by atoms with Gasteiger partial charge in [0.05, 0.1) is 19.1 Å². The van der Waals surface area contributed by atoms with Crippen molar-refractivity contribution in [3.05, 3.63) is 36.3 Å². The number of allylic oxidation sites excluding steroid dienone is 1. The molecule has 0 atom stereocenters. The van der Waals surface area contributed by atoms with Crippen molar-refractivity contribution < 1.29 is 9.52 Å². The van der Waals surface area contributed by atoms with Crippen LogP contribution in [0.5, 0.6) is 0 Å². The summed E-state index contributed by atoms with van der Waals surface area (Å²) >= 11 is 0. The van der Waals surface area contributed by atoms with Crippen LogP contribution in [0.1, 0.15) is 11.1 Å². The first-order valence-electron chi connectivity index (χ1n) is 3.14. The lowest BCUT2D eigenvalue weighted by atomic mass is 10.1. The number of furan rings is 1. The summed E-state index contributed by atoms with van der Waals surface area (Å²) in [7, 11) is 0. The fraction of sp³-hybridized carbons (Fsp3) is 0.250. The van der Waals surface area contributed by atoms with Gasteiger partial charge in [-0.25, -0.2) is 0 Å². The van der Waals surface area contributed by atoms with Crippen molar-refractivity contribution in [1.82, 2.24) is 0 Å². The van der Waals surface area contributed by atoms with Gasteiger partial charge in [0, 0.05) is 5.56 Å². The predicted molar refractivity (Wildman–Crippen MR) is 38.5 cm³/mol. The third-order valence-corrected chi connectivity index (χ3v) is 1.37. The topological polar surface area (TPSA) is 33.4 Å². The van der Waals surface area contributed by atoms with Gasteiger partial charge >= 0.3 is 0 Å². The molecule has 1 N–H and O–H groups in total. The Balaban J connectivity index is 2.79. The van der Waals surface area contributed by atoms with Crippen LogP contribution < -0.4 is 0 Å². The first-order chi connectivity index (χ1) is 4.88. The highest BCUT2D eigenvalue weighted by molar-refractivity contribution is 5.21. The molecule has 1 rings (SSSR count). The van der Waals surface area contributed by atoms with E-state index in [1.54, 1.807) is 18.6 Å². The molecule has 0 fully saturated rings. The SMILES string of the molecule is C=CCc1cocc1CO. The van der Waals surface area contributed by atoms with Crippen molar-refractivity contribution in [3.63, 3.8) is 0 Å². The van der Waals surface area contributed by atoms with Gasteiger partial charge in [-0.3, -0.25) is 0 Å². The van der Waals surface area contributed by atoms with Crippen molar-refractivity contribution in [2.75, 3.05) is 0 Å². The molecule has 0 aromatic carbocycles. The van der Waals surface area contributed by atoms with Gasteiger partial charge < -0.3 is 9.52 Å². The molecule has 0 aliphatic heterocycles. The lowest BCUT2D eigenvalue weighted by Gasteiger charge is -1.91. The maximum absolute atomic E-state index is 8.74. The second-order valence-corrected chi connectivity index (χ2v) is 2.07. The summed E-state index contributed by atoms with van der Waals surface area (Å²) in [6, 6.07) is 0. The maximum atomic E-state index is 8.74. The molecule has 10 heavy (non-hydrogen) atoms. The molecular weight excluding hydrogens is 128 g/mol. The fourth-order valence-corrected chi connectivity index (χ4v) is 0.823. The highest BCUT2D eigenvalue weighted by atomic mass is 16.3. The number of hydrogen-bond acceptors (Lipinski definition) is 2. The van der Waals surface area contributed by atoms with Crippen molar-refractivity contribution in [2.24, 2.45) is 0 Å². The van der Waals surface area contributed by atoms with Crippen molar-refractivity contribution >= 4 is 0 Å². The van der Waals surface area contributed by atoms with Crippen LogP contribution in [0.15, 0.2) is 29.6 Å². The summed E-state index contributed by atoms with van der Waals surface area (Å²) < 4.78 is 4.88. The Morgan fingerprint density at radius 1 is 1.50 bits per heavy atom. The molecular formula is C8H10O2. The first kappa shape index (κ1) is 7.09. The van der Waals surface area contributed by atoms with Crippen LogP contribution >= 0.6 is 0 Å². The lowest BCUT2D eigenvalue weighted by molar-refractivity contribution is 0.279. The molecule has 0 aliphatic carbocycles. The van der Waals surface area contributed by atoms with E-state index in [1.807, 2.05) is 0 Å². The van der Waals surface area contributed by atoms with Crippen LogP contribution in [0.4, 0.5) is 0 Å². The van der Waals surface area contributed by atoms with Gasteiger partial charge in [0.25, 0.3) is 0 Å². The molecule has 0 unspecified atom stereocenters. The zero-order chi connectivity index (χ0) is 7.40. The lowest BCUT2D eigenvalue weighted by Crippen LogP contribution is -1.85. The summed E-state index contributed by atoms with van der Waals surface area (Å²) in [5, 5.41) is 8.74. The summed E-state index contributed by atoms with van der Waals surface area (Å²) in [6.07, 6.45) is 5.72. The van der Waals surface area contributed by atoms with E-state index in [-0.39, 0.29) is 6.61 Å². The molecule has 0 bridgehead atoms. The first-order valence-corrected chi connectivity index (χ1v) is 3.14. The Labute approximate surface area is 59.8 Å². The van der Waals surface area contributed by atoms with Crippen LogP contribution in [-0.4, -0.2) is 5.11 Å². The number of aliphatic hydroxyl groups excluding tert-OH is 1. The zero-order valence-corrected chi connectivity index (χ0v) is 5.71. The quantitative estimate of drug-likeness (QED) is 0.642. The van der Waals surface area contributed by atoms with E-state index >= 15 is 0 Å². The maximum Gasteiger partial charge on any atom is 0.0960 e. The smallest absolute Gasteiger partial charge is 0.0960 e. The monoisotopic (exact) mass is 138 g/mol. The number of hydrogen-bond donors (Lipinski definition) is 1. The van der Waals surface area contributed by atoms with E-state index in [0.29, 0.717) is 0 Å². The molecule has 2 heteroatoms. The molecule has 0 aliphatic rings. The van der Waals surface area contributed by atoms with E-state index in [0.717, 1.165) is 17.5 Å². The summed E-state index contributed by atoms with van der Waals surface area (Å²) in [4.78, 5) is 0. The molecule has 0 amide bonds. The summed E-state index contributed by atoms with van der Waals surface area (Å²) in [5.74, 6) is 0. The third kappa shape index (κ3) is 1.28. The van der Waals surface area contributed by atoms with E-state index in [2.05, 4.69) is 6.58 Å². The third-order valence-electron chi connectivity index (χ3n) is 1.37. The van der Waals surface area contributed by atoms with Crippen LogP contribution in [0.2, 0.25) is 0 Å². The predicted octanol–water partition coefficient (Wildman–Crippen LogP) is 1.50. The Morgan fingerprint density at radius 2 is 2.20 bits per heavy atom. The second kappa shape index (κ2) is 3.22. The minimum absolute atomic E-state index is 0.0413. The van der Waals surface area contributed by atoms with Crippen molar-refractivity contribution in [2.45, 2.75) is 13.0 Å². The van der Waals surface area contributed by atoms with Crippen LogP contribution in [-0.2, 0) is 13.0 Å². The van der Waals surface area contributed by atoms with Gasteiger partial charge in [-0.2, -0.15) is 0 Å². The van der Waals surface area contributed by atoms with Gasteiger partial charge in [-0.1, -0.05) is 6.08 Å². The molecule has 1 aromatic heterocycles. The normalized spacial score (nSPS) is 9.70. The van der Waals surface area contributed by atoms with Gasteiger partial charge in [-0.05, 0) is 12.0 Å². The summed E-state index contributed by atoms with van der Waals surface area (Å²) in [5.41, 5.74) is 1.86. The Hall–Kier alpha value is -1.02.